The van der Waals surface area contributed by atoms with E-state index in [-0.39, 0.29) is 11.7 Å². The van der Waals surface area contributed by atoms with Crippen molar-refractivity contribution in [1.82, 2.24) is 0 Å². The predicted octanol–water partition coefficient (Wildman–Crippen LogP) is 5.19. The first-order valence-corrected chi connectivity index (χ1v) is 9.35. The number of benzene rings is 2. The van der Waals surface area contributed by atoms with Crippen molar-refractivity contribution < 1.29 is 19.1 Å². The predicted molar refractivity (Wildman–Crippen MR) is 106 cm³/mol. The average molecular weight is 365 g/mol. The monoisotopic (exact) mass is 365 g/mol. The molecule has 27 heavy (non-hydrogen) atoms. The number of rotatable bonds is 5. The van der Waals surface area contributed by atoms with Crippen LogP contribution in [-0.2, 0) is 0 Å². The fourth-order valence-corrected chi connectivity index (χ4v) is 3.64. The van der Waals surface area contributed by atoms with Gasteiger partial charge in [0.15, 0.2) is 0 Å². The van der Waals surface area contributed by atoms with Gasteiger partial charge in [-0.15, -0.1) is 0 Å². The van der Waals surface area contributed by atoms with E-state index in [1.807, 2.05) is 38.1 Å². The lowest BCUT2D eigenvalue weighted by atomic mass is 10.0. The summed E-state index contributed by atoms with van der Waals surface area (Å²) in [4.78, 5) is 14.3. The topological polar surface area (TPSA) is 62.9 Å². The highest BCUT2D eigenvalue weighted by Crippen LogP contribution is 2.36. The minimum absolute atomic E-state index is 0.0141. The highest BCUT2D eigenvalue weighted by molar-refractivity contribution is 6.08. The molecular weight excluding hydrogens is 342 g/mol. The van der Waals surface area contributed by atoms with Crippen molar-refractivity contribution in [2.24, 2.45) is 0 Å². The number of furan rings is 1. The lowest BCUT2D eigenvalue weighted by Gasteiger charge is -2.17. The number of nitrogens with zero attached hydrogens (tertiary/aromatic N) is 1. The van der Waals surface area contributed by atoms with E-state index in [4.69, 9.17) is 9.15 Å². The molecule has 4 rings (SSSR count). The molecule has 1 aromatic heterocycles. The van der Waals surface area contributed by atoms with Crippen LogP contribution in [0.1, 0.15) is 37.0 Å². The number of carboxylic acids is 1. The van der Waals surface area contributed by atoms with Crippen molar-refractivity contribution in [2.45, 2.75) is 32.8 Å². The Bertz CT molecular complexity index is 966. The Hall–Kier alpha value is -2.95. The lowest BCUT2D eigenvalue weighted by Crippen LogP contribution is -2.17. The molecular formula is C22H23NO4. The van der Waals surface area contributed by atoms with Gasteiger partial charge in [0.05, 0.1) is 6.10 Å². The Balaban J connectivity index is 1.76. The van der Waals surface area contributed by atoms with Gasteiger partial charge in [0.25, 0.3) is 0 Å². The molecule has 0 unspecified atom stereocenters. The molecule has 1 fully saturated rings. The molecule has 140 valence electrons. The van der Waals surface area contributed by atoms with Crippen LogP contribution in [0.5, 0.6) is 5.75 Å². The third-order valence-corrected chi connectivity index (χ3v) is 4.85. The summed E-state index contributed by atoms with van der Waals surface area (Å²) in [6.45, 7) is 6.02. The zero-order valence-electron chi connectivity index (χ0n) is 15.6. The van der Waals surface area contributed by atoms with Gasteiger partial charge in [-0.25, -0.2) is 4.79 Å². The van der Waals surface area contributed by atoms with E-state index in [1.54, 1.807) is 18.2 Å². The summed E-state index contributed by atoms with van der Waals surface area (Å²) in [5.41, 5.74) is 2.64. The Morgan fingerprint density at radius 2 is 1.81 bits per heavy atom. The summed E-state index contributed by atoms with van der Waals surface area (Å²) in [5, 5.41) is 10.4. The van der Waals surface area contributed by atoms with E-state index in [9.17, 15) is 9.90 Å². The maximum atomic E-state index is 12.0. The number of anilines is 1. The van der Waals surface area contributed by atoms with Gasteiger partial charge in [-0.3, -0.25) is 0 Å². The second-order valence-corrected chi connectivity index (χ2v) is 7.18. The maximum Gasteiger partial charge on any atom is 0.340 e. The van der Waals surface area contributed by atoms with E-state index < -0.39 is 5.97 Å². The van der Waals surface area contributed by atoms with Crippen LogP contribution < -0.4 is 9.64 Å². The molecule has 2 heterocycles. The fourth-order valence-electron chi connectivity index (χ4n) is 3.64. The van der Waals surface area contributed by atoms with Gasteiger partial charge in [-0.1, -0.05) is 0 Å². The zero-order valence-corrected chi connectivity index (χ0v) is 15.6. The number of ether oxygens (including phenoxy) is 1. The van der Waals surface area contributed by atoms with Crippen molar-refractivity contribution in [3.05, 3.63) is 48.0 Å². The van der Waals surface area contributed by atoms with Crippen LogP contribution in [0.15, 0.2) is 46.9 Å². The number of carbonyl (C=O) groups is 1. The first kappa shape index (κ1) is 17.5. The second-order valence-electron chi connectivity index (χ2n) is 7.18. The molecule has 1 N–H and O–H groups in total. The molecule has 0 spiro atoms. The van der Waals surface area contributed by atoms with Crippen LogP contribution in [-0.4, -0.2) is 30.3 Å². The van der Waals surface area contributed by atoms with Gasteiger partial charge in [0, 0.05) is 29.7 Å². The molecule has 0 aliphatic carbocycles. The molecule has 0 saturated carbocycles. The summed E-state index contributed by atoms with van der Waals surface area (Å²) < 4.78 is 11.6. The third kappa shape index (κ3) is 3.37. The summed E-state index contributed by atoms with van der Waals surface area (Å²) in [6.07, 6.45) is 2.45. The van der Waals surface area contributed by atoms with Crippen molar-refractivity contribution in [3.63, 3.8) is 0 Å². The zero-order chi connectivity index (χ0) is 19.0. The minimum Gasteiger partial charge on any atom is -0.491 e. The summed E-state index contributed by atoms with van der Waals surface area (Å²) in [7, 11) is 0. The lowest BCUT2D eigenvalue weighted by molar-refractivity contribution is 0.0699. The smallest absolute Gasteiger partial charge is 0.340 e. The van der Waals surface area contributed by atoms with E-state index >= 15 is 0 Å². The molecule has 1 aliphatic rings. The van der Waals surface area contributed by atoms with Gasteiger partial charge >= 0.3 is 5.97 Å². The van der Waals surface area contributed by atoms with Crippen molar-refractivity contribution in [3.8, 4) is 17.1 Å². The van der Waals surface area contributed by atoms with Crippen LogP contribution in [0.2, 0.25) is 0 Å². The Kier molecular flexibility index (Phi) is 4.52. The SMILES string of the molecule is CC(C)Oc1ccc2oc(-c3ccc(N4CCCC4)cc3)c(C(=O)O)c2c1. The molecule has 1 aliphatic heterocycles. The summed E-state index contributed by atoms with van der Waals surface area (Å²) in [6, 6.07) is 13.2. The van der Waals surface area contributed by atoms with Crippen molar-refractivity contribution in [2.75, 3.05) is 18.0 Å². The van der Waals surface area contributed by atoms with Crippen LogP contribution >= 0.6 is 0 Å². The number of hydrogen-bond donors (Lipinski definition) is 1. The van der Waals surface area contributed by atoms with Crippen LogP contribution in [0.3, 0.4) is 0 Å². The van der Waals surface area contributed by atoms with Crippen LogP contribution in [0, 0.1) is 0 Å². The minimum atomic E-state index is -1.01. The standard InChI is InChI=1S/C22H23NO4/c1-14(2)26-17-9-10-19-18(13-17)20(22(24)25)21(27-19)15-5-7-16(8-6-15)23-11-3-4-12-23/h5-10,13-14H,3-4,11-12H2,1-2H3,(H,24,25). The molecule has 0 atom stereocenters. The van der Waals surface area contributed by atoms with E-state index in [1.165, 1.54) is 12.8 Å². The van der Waals surface area contributed by atoms with E-state index in [0.717, 1.165) is 24.3 Å². The quantitative estimate of drug-likeness (QED) is 0.674. The fraction of sp³-hybridized carbons (Fsp3) is 0.318. The molecule has 5 heteroatoms. The Morgan fingerprint density at radius 1 is 1.11 bits per heavy atom. The number of carboxylic acid groups (broad SMARTS) is 1. The van der Waals surface area contributed by atoms with Gasteiger partial charge in [-0.2, -0.15) is 0 Å². The number of fused-ring (bicyclic) bond motifs is 1. The maximum absolute atomic E-state index is 12.0. The van der Waals surface area contributed by atoms with Gasteiger partial charge in [-0.05, 0) is 69.2 Å². The third-order valence-electron chi connectivity index (χ3n) is 4.85. The normalized spacial score (nSPS) is 14.3. The molecule has 2 aromatic carbocycles. The van der Waals surface area contributed by atoms with E-state index in [2.05, 4.69) is 4.90 Å². The number of aromatic carboxylic acids is 1. The van der Waals surface area contributed by atoms with Crippen molar-refractivity contribution in [1.29, 1.82) is 0 Å². The van der Waals surface area contributed by atoms with Crippen LogP contribution in [0.25, 0.3) is 22.3 Å². The van der Waals surface area contributed by atoms with Crippen molar-refractivity contribution >= 4 is 22.6 Å². The first-order valence-electron chi connectivity index (χ1n) is 9.35. The summed E-state index contributed by atoms with van der Waals surface area (Å²) in [5.74, 6) is 0.0120. The van der Waals surface area contributed by atoms with Gasteiger partial charge in [0.2, 0.25) is 0 Å². The molecule has 0 bridgehead atoms. The van der Waals surface area contributed by atoms with E-state index in [0.29, 0.717) is 22.5 Å². The Morgan fingerprint density at radius 3 is 2.44 bits per heavy atom. The van der Waals surface area contributed by atoms with Gasteiger partial charge in [0.1, 0.15) is 22.7 Å². The van der Waals surface area contributed by atoms with Gasteiger partial charge < -0.3 is 19.2 Å². The highest BCUT2D eigenvalue weighted by atomic mass is 16.5. The molecule has 0 amide bonds. The summed E-state index contributed by atoms with van der Waals surface area (Å²) >= 11 is 0. The Labute approximate surface area is 158 Å². The molecule has 1 saturated heterocycles. The highest BCUT2D eigenvalue weighted by Gasteiger charge is 2.22. The van der Waals surface area contributed by atoms with Crippen LogP contribution in [0.4, 0.5) is 5.69 Å². The number of hydrogen-bond acceptors (Lipinski definition) is 4. The first-order chi connectivity index (χ1) is 13.0. The molecule has 3 aromatic rings. The molecule has 0 radical (unpaired) electrons. The molecule has 5 nitrogen and oxygen atoms in total. The average Bonchev–Trinajstić information content (AvgIpc) is 3.29. The largest absolute Gasteiger partial charge is 0.491 e. The second kappa shape index (κ2) is 6.99.